The molecule has 178 valence electrons. The third kappa shape index (κ3) is 5.26. The van der Waals surface area contributed by atoms with Crippen LogP contribution in [0.4, 0.5) is 4.39 Å². The van der Waals surface area contributed by atoms with Gasteiger partial charge in [0.1, 0.15) is 0 Å². The number of methoxy groups -OCH3 is 1. The maximum absolute atomic E-state index is 15.4. The van der Waals surface area contributed by atoms with Crippen LogP contribution in [0.3, 0.4) is 0 Å². The number of carbonyl (C=O) groups excluding carboxylic acids is 1. The van der Waals surface area contributed by atoms with Crippen LogP contribution in [0.5, 0.6) is 5.75 Å². The molecular weight excluding hydrogens is 451 g/mol. The Morgan fingerprint density at radius 3 is 2.50 bits per heavy atom. The van der Waals surface area contributed by atoms with E-state index in [0.717, 1.165) is 17.7 Å². The minimum atomic E-state index is -0.725. The molecule has 0 aliphatic heterocycles. The van der Waals surface area contributed by atoms with Crippen LogP contribution in [-0.2, 0) is 0 Å². The summed E-state index contributed by atoms with van der Waals surface area (Å²) in [6, 6.07) is 19.2. The summed E-state index contributed by atoms with van der Waals surface area (Å²) in [5.74, 6) is -1.32. The van der Waals surface area contributed by atoms with Gasteiger partial charge in [0, 0.05) is 34.7 Å². The van der Waals surface area contributed by atoms with Gasteiger partial charge >= 0.3 is 0 Å². The largest absolute Gasteiger partial charge is 0.494 e. The lowest BCUT2D eigenvalue weighted by molar-refractivity contribution is 0.100. The van der Waals surface area contributed by atoms with Crippen molar-refractivity contribution in [3.05, 3.63) is 88.2 Å². The lowest BCUT2D eigenvalue weighted by atomic mass is 9.87. The van der Waals surface area contributed by atoms with E-state index in [9.17, 15) is 4.79 Å². The standard InChI is InChI=1S/C28H30ClFN2O2/c1-34-25-15-13-21(28(31)33)26(27(25)30)22-16-19(12-14-24(22)29)23(18-8-4-2-5-9-18)17-32-20-10-6-3-7-11-20/h2,4-5,8-9,12-16,20,23,32H,3,6-7,10-11,17H2,1H3,(H2,31,33). The number of benzene rings is 3. The van der Waals surface area contributed by atoms with Gasteiger partial charge in [0.15, 0.2) is 11.6 Å². The van der Waals surface area contributed by atoms with Crippen molar-refractivity contribution < 1.29 is 13.9 Å². The van der Waals surface area contributed by atoms with Gasteiger partial charge in [-0.3, -0.25) is 4.79 Å². The summed E-state index contributed by atoms with van der Waals surface area (Å²) in [5.41, 5.74) is 8.26. The summed E-state index contributed by atoms with van der Waals surface area (Å²) in [6.07, 6.45) is 6.18. The first-order chi connectivity index (χ1) is 16.5. The van der Waals surface area contributed by atoms with Crippen molar-refractivity contribution in [1.82, 2.24) is 5.32 Å². The van der Waals surface area contributed by atoms with Gasteiger partial charge in [0.2, 0.25) is 5.91 Å². The van der Waals surface area contributed by atoms with E-state index >= 15 is 4.39 Å². The lowest BCUT2D eigenvalue weighted by Gasteiger charge is -2.27. The van der Waals surface area contributed by atoms with Crippen LogP contribution in [0, 0.1) is 5.82 Å². The predicted molar refractivity (Wildman–Crippen MR) is 135 cm³/mol. The Hall–Kier alpha value is -2.89. The molecular formula is C28H30ClFN2O2. The van der Waals surface area contributed by atoms with Gasteiger partial charge in [-0.15, -0.1) is 0 Å². The second-order valence-corrected chi connectivity index (χ2v) is 9.22. The molecule has 1 aliphatic carbocycles. The minimum absolute atomic E-state index is 0.0278. The third-order valence-corrected chi connectivity index (χ3v) is 7.00. The van der Waals surface area contributed by atoms with Gasteiger partial charge in [0.25, 0.3) is 0 Å². The number of hydrogen-bond donors (Lipinski definition) is 2. The van der Waals surface area contributed by atoms with E-state index in [-0.39, 0.29) is 22.8 Å². The number of rotatable bonds is 8. The summed E-state index contributed by atoms with van der Waals surface area (Å²) in [5, 5.41) is 4.09. The molecule has 1 fully saturated rings. The molecule has 3 aromatic rings. The van der Waals surface area contributed by atoms with Crippen molar-refractivity contribution >= 4 is 17.5 Å². The highest BCUT2D eigenvalue weighted by Crippen LogP contribution is 2.39. The maximum atomic E-state index is 15.4. The fourth-order valence-corrected chi connectivity index (χ4v) is 5.05. The summed E-state index contributed by atoms with van der Waals surface area (Å²) in [4.78, 5) is 12.1. The average molecular weight is 481 g/mol. The molecule has 3 aromatic carbocycles. The zero-order valence-electron chi connectivity index (χ0n) is 19.3. The van der Waals surface area contributed by atoms with E-state index in [1.54, 1.807) is 6.07 Å². The zero-order valence-corrected chi connectivity index (χ0v) is 20.1. The van der Waals surface area contributed by atoms with Gasteiger partial charge < -0.3 is 15.8 Å². The first-order valence-corrected chi connectivity index (χ1v) is 12.1. The Morgan fingerprint density at radius 1 is 1.09 bits per heavy atom. The number of carbonyl (C=O) groups is 1. The monoisotopic (exact) mass is 480 g/mol. The Kier molecular flexibility index (Phi) is 7.86. The second-order valence-electron chi connectivity index (χ2n) is 8.81. The van der Waals surface area contributed by atoms with Crippen molar-refractivity contribution in [2.24, 2.45) is 5.73 Å². The molecule has 0 radical (unpaired) electrons. The van der Waals surface area contributed by atoms with Gasteiger partial charge in [-0.05, 0) is 48.2 Å². The van der Waals surface area contributed by atoms with Crippen LogP contribution < -0.4 is 15.8 Å². The molecule has 1 aliphatic rings. The van der Waals surface area contributed by atoms with Crippen LogP contribution in [0.2, 0.25) is 5.02 Å². The van der Waals surface area contributed by atoms with E-state index in [0.29, 0.717) is 16.6 Å². The van der Waals surface area contributed by atoms with Crippen molar-refractivity contribution in [3.8, 4) is 16.9 Å². The number of ether oxygens (including phenoxy) is 1. The molecule has 1 atom stereocenters. The molecule has 0 heterocycles. The Balaban J connectivity index is 1.77. The van der Waals surface area contributed by atoms with Crippen LogP contribution >= 0.6 is 11.6 Å². The summed E-state index contributed by atoms with van der Waals surface area (Å²) < 4.78 is 20.6. The van der Waals surface area contributed by atoms with Crippen LogP contribution in [0.1, 0.15) is 59.5 Å². The van der Waals surface area contributed by atoms with E-state index in [1.165, 1.54) is 51.3 Å². The fraction of sp³-hybridized carbons (Fsp3) is 0.321. The fourth-order valence-electron chi connectivity index (χ4n) is 4.84. The maximum Gasteiger partial charge on any atom is 0.249 e. The van der Waals surface area contributed by atoms with Crippen LogP contribution in [0.25, 0.3) is 11.1 Å². The molecule has 3 N–H and O–H groups in total. The SMILES string of the molecule is COc1ccc(C(N)=O)c(-c2cc(C(CNC3CCCCC3)c3ccccc3)ccc2Cl)c1F. The van der Waals surface area contributed by atoms with Gasteiger partial charge in [0.05, 0.1) is 12.7 Å². The predicted octanol–water partition coefficient (Wildman–Crippen LogP) is 6.31. The number of primary amides is 1. The number of amides is 1. The van der Waals surface area contributed by atoms with Gasteiger partial charge in [-0.25, -0.2) is 4.39 Å². The molecule has 0 aromatic heterocycles. The van der Waals surface area contributed by atoms with Crippen molar-refractivity contribution in [3.63, 3.8) is 0 Å². The minimum Gasteiger partial charge on any atom is -0.494 e. The number of halogens is 2. The van der Waals surface area contributed by atoms with E-state index in [1.807, 2.05) is 30.3 Å². The van der Waals surface area contributed by atoms with E-state index in [4.69, 9.17) is 22.1 Å². The third-order valence-electron chi connectivity index (χ3n) is 6.67. The highest BCUT2D eigenvalue weighted by atomic mass is 35.5. The van der Waals surface area contributed by atoms with E-state index in [2.05, 4.69) is 17.4 Å². The molecule has 4 rings (SSSR count). The number of nitrogens with two attached hydrogens (primary N) is 1. The van der Waals surface area contributed by atoms with Crippen molar-refractivity contribution in [1.29, 1.82) is 0 Å². The zero-order chi connectivity index (χ0) is 24.1. The topological polar surface area (TPSA) is 64.3 Å². The quantitative estimate of drug-likeness (QED) is 0.397. The molecule has 0 spiro atoms. The average Bonchev–Trinajstić information content (AvgIpc) is 2.86. The summed E-state index contributed by atoms with van der Waals surface area (Å²) >= 11 is 6.55. The van der Waals surface area contributed by atoms with Crippen LogP contribution in [0.15, 0.2) is 60.7 Å². The van der Waals surface area contributed by atoms with Gasteiger partial charge in [-0.1, -0.05) is 67.3 Å². The number of hydrogen-bond acceptors (Lipinski definition) is 3. The summed E-state index contributed by atoms with van der Waals surface area (Å²) in [6.45, 7) is 0.749. The first-order valence-electron chi connectivity index (χ1n) is 11.7. The Labute approximate surface area is 205 Å². The lowest BCUT2D eigenvalue weighted by Crippen LogP contribution is -2.34. The highest BCUT2D eigenvalue weighted by Gasteiger charge is 2.24. The first kappa shape index (κ1) is 24.2. The molecule has 1 amide bonds. The molecule has 4 nitrogen and oxygen atoms in total. The Bertz CT molecular complexity index is 1150. The highest BCUT2D eigenvalue weighted by molar-refractivity contribution is 6.33. The summed E-state index contributed by atoms with van der Waals surface area (Å²) in [7, 11) is 1.38. The van der Waals surface area contributed by atoms with Crippen molar-refractivity contribution in [2.45, 2.75) is 44.1 Å². The molecule has 1 saturated carbocycles. The van der Waals surface area contributed by atoms with Crippen molar-refractivity contribution in [2.75, 3.05) is 13.7 Å². The molecule has 1 unspecified atom stereocenters. The number of nitrogens with one attached hydrogen (secondary N) is 1. The smallest absolute Gasteiger partial charge is 0.249 e. The second kappa shape index (κ2) is 11.0. The molecule has 0 saturated heterocycles. The molecule has 0 bridgehead atoms. The van der Waals surface area contributed by atoms with Crippen LogP contribution in [-0.4, -0.2) is 25.6 Å². The van der Waals surface area contributed by atoms with E-state index < -0.39 is 11.7 Å². The Morgan fingerprint density at radius 2 is 1.82 bits per heavy atom. The normalized spacial score (nSPS) is 15.1. The van der Waals surface area contributed by atoms with Gasteiger partial charge in [-0.2, -0.15) is 0 Å². The molecule has 34 heavy (non-hydrogen) atoms. The molecule has 6 heteroatoms.